The molecule has 0 unspecified atom stereocenters. The van der Waals surface area contributed by atoms with Gasteiger partial charge in [0, 0.05) is 42.7 Å². The van der Waals surface area contributed by atoms with E-state index in [2.05, 4.69) is 44.3 Å². The van der Waals surface area contributed by atoms with Crippen molar-refractivity contribution < 1.29 is 29.2 Å². The molecule has 3 N–H and O–H groups in total. The standard InChI is InChI=1S/C25H39NO6/c1-7-26-20-14(4)21(28)19-17-9-8-16-11-18(30-6)24(29)31-22(15(5)27)12(2)10-13(3)25(16,19)32-23(17)20/h8-10,12,14-23,26-28H,7,11H2,1-6H3/b13-10+/t12-,14+,15-,16-,17-,18+,19+,20+,21-,22+,23-,25+/m1/s1. The van der Waals surface area contributed by atoms with Crippen molar-refractivity contribution >= 4 is 5.97 Å². The fraction of sp³-hybridized carbons (Fsp3) is 0.800. The summed E-state index contributed by atoms with van der Waals surface area (Å²) in [7, 11) is 1.51. The van der Waals surface area contributed by atoms with Gasteiger partial charge in [-0.15, -0.1) is 0 Å². The summed E-state index contributed by atoms with van der Waals surface area (Å²) in [5.41, 5.74) is 0.298. The average Bonchev–Trinajstić information content (AvgIpc) is 2.94. The molecule has 0 aromatic carbocycles. The molecule has 1 saturated heterocycles. The van der Waals surface area contributed by atoms with Gasteiger partial charge in [-0.3, -0.25) is 0 Å². The third-order valence-electron chi connectivity index (χ3n) is 8.39. The van der Waals surface area contributed by atoms with E-state index in [1.807, 2.05) is 6.92 Å². The lowest BCUT2D eigenvalue weighted by Crippen LogP contribution is -2.59. The van der Waals surface area contributed by atoms with E-state index >= 15 is 0 Å². The van der Waals surface area contributed by atoms with Crippen molar-refractivity contribution in [1.82, 2.24) is 5.32 Å². The summed E-state index contributed by atoms with van der Waals surface area (Å²) in [6.07, 6.45) is 3.92. The van der Waals surface area contributed by atoms with Gasteiger partial charge in [0.1, 0.15) is 11.7 Å². The molecule has 2 aliphatic heterocycles. The van der Waals surface area contributed by atoms with Crippen LogP contribution < -0.4 is 5.32 Å². The molecule has 0 aromatic rings. The van der Waals surface area contributed by atoms with Gasteiger partial charge < -0.3 is 29.7 Å². The molecule has 0 amide bonds. The number of carbonyl (C=O) groups is 1. The third kappa shape index (κ3) is 3.48. The minimum Gasteiger partial charge on any atom is -0.457 e. The van der Waals surface area contributed by atoms with Crippen LogP contribution in [0.2, 0.25) is 0 Å². The maximum Gasteiger partial charge on any atom is 0.335 e. The average molecular weight is 450 g/mol. The first kappa shape index (κ1) is 23.9. The van der Waals surface area contributed by atoms with Crippen LogP contribution >= 0.6 is 0 Å². The highest BCUT2D eigenvalue weighted by Gasteiger charge is 2.68. The van der Waals surface area contributed by atoms with E-state index in [4.69, 9.17) is 14.2 Å². The zero-order valence-corrected chi connectivity index (χ0v) is 20.0. The molecule has 32 heavy (non-hydrogen) atoms. The largest absolute Gasteiger partial charge is 0.457 e. The number of hydrogen-bond donors (Lipinski definition) is 3. The Morgan fingerprint density at radius 1 is 1.34 bits per heavy atom. The molecule has 4 aliphatic rings. The molecule has 4 rings (SSSR count). The fourth-order valence-electron chi connectivity index (χ4n) is 6.91. The van der Waals surface area contributed by atoms with Crippen LogP contribution in [0.1, 0.15) is 41.0 Å². The molecule has 0 radical (unpaired) electrons. The van der Waals surface area contributed by atoms with Crippen molar-refractivity contribution in [1.29, 1.82) is 0 Å². The summed E-state index contributed by atoms with van der Waals surface area (Å²) >= 11 is 0. The number of ether oxygens (including phenoxy) is 3. The SMILES string of the molecule is CCN[C@H]1[C@H](C)[C@@H](O)[C@@H]2[C@H]3C=C[C@@H]4C[C@H](OC)C(=O)O[C@H]([C@@H](C)O)[C@H](C)/C=C(\C)[C@@]24O[C@H]31. The van der Waals surface area contributed by atoms with Gasteiger partial charge in [0.15, 0.2) is 6.10 Å². The molecule has 7 nitrogen and oxygen atoms in total. The Bertz CT molecular complexity index is 780. The summed E-state index contributed by atoms with van der Waals surface area (Å²) < 4.78 is 18.3. The number of carbonyl (C=O) groups excluding carboxylic acids is 1. The van der Waals surface area contributed by atoms with Crippen LogP contribution in [0.4, 0.5) is 0 Å². The van der Waals surface area contributed by atoms with Gasteiger partial charge >= 0.3 is 5.97 Å². The maximum atomic E-state index is 13.0. The molecule has 1 saturated carbocycles. The number of cyclic esters (lactones) is 1. The molecular weight excluding hydrogens is 410 g/mol. The van der Waals surface area contributed by atoms with E-state index in [9.17, 15) is 15.0 Å². The monoisotopic (exact) mass is 449 g/mol. The van der Waals surface area contributed by atoms with Crippen LogP contribution in [-0.2, 0) is 19.0 Å². The Balaban J connectivity index is 1.85. The Kier molecular flexibility index (Phi) is 6.60. The first-order valence-corrected chi connectivity index (χ1v) is 12.0. The molecule has 2 aliphatic carbocycles. The molecule has 2 fully saturated rings. The normalized spacial score (nSPS) is 50.8. The number of nitrogens with one attached hydrogen (secondary N) is 1. The van der Waals surface area contributed by atoms with E-state index in [1.165, 1.54) is 7.11 Å². The lowest BCUT2D eigenvalue weighted by atomic mass is 9.57. The minimum absolute atomic E-state index is 0.0433. The molecular formula is C25H39NO6. The number of hydrogen-bond acceptors (Lipinski definition) is 7. The van der Waals surface area contributed by atoms with E-state index in [-0.39, 0.29) is 41.7 Å². The molecule has 2 heterocycles. The number of aliphatic hydroxyl groups excluding tert-OH is 2. The van der Waals surface area contributed by atoms with Crippen LogP contribution in [0.25, 0.3) is 0 Å². The molecule has 4 bridgehead atoms. The highest BCUT2D eigenvalue weighted by molar-refractivity contribution is 5.75. The van der Waals surface area contributed by atoms with Gasteiger partial charge in [-0.2, -0.15) is 0 Å². The van der Waals surface area contributed by atoms with Gasteiger partial charge in [0.25, 0.3) is 0 Å². The van der Waals surface area contributed by atoms with Crippen molar-refractivity contribution in [3.8, 4) is 0 Å². The second-order valence-electron chi connectivity index (χ2n) is 10.2. The molecule has 0 aromatic heterocycles. The number of esters is 1. The fourth-order valence-corrected chi connectivity index (χ4v) is 6.91. The van der Waals surface area contributed by atoms with Crippen LogP contribution in [-0.4, -0.2) is 72.0 Å². The van der Waals surface area contributed by atoms with Crippen molar-refractivity contribution in [3.05, 3.63) is 23.8 Å². The quantitative estimate of drug-likeness (QED) is 0.445. The lowest BCUT2D eigenvalue weighted by molar-refractivity contribution is -0.172. The maximum absolute atomic E-state index is 13.0. The number of aliphatic hydroxyl groups is 2. The Hall–Kier alpha value is -1.25. The van der Waals surface area contributed by atoms with Crippen molar-refractivity contribution in [2.45, 2.75) is 83.2 Å². The highest BCUT2D eigenvalue weighted by Crippen LogP contribution is 2.60. The zero-order valence-electron chi connectivity index (χ0n) is 20.0. The van der Waals surface area contributed by atoms with E-state index < -0.39 is 36.0 Å². The summed E-state index contributed by atoms with van der Waals surface area (Å²) in [5, 5.41) is 25.4. The Morgan fingerprint density at radius 3 is 2.69 bits per heavy atom. The first-order chi connectivity index (χ1) is 15.2. The van der Waals surface area contributed by atoms with Crippen LogP contribution in [0.3, 0.4) is 0 Å². The van der Waals surface area contributed by atoms with Gasteiger partial charge in [0.2, 0.25) is 0 Å². The van der Waals surface area contributed by atoms with Gasteiger partial charge in [-0.25, -0.2) is 4.79 Å². The smallest absolute Gasteiger partial charge is 0.335 e. The van der Waals surface area contributed by atoms with Gasteiger partial charge in [0.05, 0.1) is 18.3 Å². The number of rotatable bonds is 4. The van der Waals surface area contributed by atoms with E-state index in [0.717, 1.165) is 12.1 Å². The van der Waals surface area contributed by atoms with Crippen molar-refractivity contribution in [3.63, 3.8) is 0 Å². The van der Waals surface area contributed by atoms with E-state index in [0.29, 0.717) is 6.42 Å². The summed E-state index contributed by atoms with van der Waals surface area (Å²) in [4.78, 5) is 13.0. The summed E-state index contributed by atoms with van der Waals surface area (Å²) in [5.74, 6) is -0.791. The molecule has 1 spiro atoms. The summed E-state index contributed by atoms with van der Waals surface area (Å²) in [6, 6.07) is 0.0491. The Morgan fingerprint density at radius 2 is 2.06 bits per heavy atom. The van der Waals surface area contributed by atoms with Gasteiger partial charge in [-0.05, 0) is 32.4 Å². The first-order valence-electron chi connectivity index (χ1n) is 12.0. The van der Waals surface area contributed by atoms with Crippen molar-refractivity contribution in [2.24, 2.45) is 29.6 Å². The molecule has 12 atom stereocenters. The van der Waals surface area contributed by atoms with Gasteiger partial charge in [-0.1, -0.05) is 39.0 Å². The van der Waals surface area contributed by atoms with E-state index in [1.54, 1.807) is 6.92 Å². The zero-order chi connectivity index (χ0) is 23.4. The predicted octanol–water partition coefficient (Wildman–Crippen LogP) is 1.82. The third-order valence-corrected chi connectivity index (χ3v) is 8.39. The van der Waals surface area contributed by atoms with Crippen molar-refractivity contribution in [2.75, 3.05) is 13.7 Å². The molecule has 180 valence electrons. The number of likely N-dealkylation sites (N-methyl/N-ethyl adjacent to an activating group) is 1. The Labute approximate surface area is 191 Å². The van der Waals surface area contributed by atoms with Crippen LogP contribution in [0.15, 0.2) is 23.8 Å². The summed E-state index contributed by atoms with van der Waals surface area (Å²) in [6.45, 7) is 10.6. The minimum atomic E-state index is -0.824. The second kappa shape index (κ2) is 8.84. The predicted molar refractivity (Wildman–Crippen MR) is 120 cm³/mol. The topological polar surface area (TPSA) is 97.2 Å². The van der Waals surface area contributed by atoms with Crippen LogP contribution in [0.5, 0.6) is 0 Å². The lowest BCUT2D eigenvalue weighted by Gasteiger charge is -2.49. The number of methoxy groups -OCH3 is 1. The molecule has 7 heteroatoms. The highest BCUT2D eigenvalue weighted by atomic mass is 16.6. The second-order valence-corrected chi connectivity index (χ2v) is 10.2. The van der Waals surface area contributed by atoms with Crippen LogP contribution in [0, 0.1) is 29.6 Å².